The van der Waals surface area contributed by atoms with Gasteiger partial charge in [-0.3, -0.25) is 20.4 Å². The molecule has 2 N–H and O–H groups in total. The van der Waals surface area contributed by atoms with Crippen molar-refractivity contribution >= 4 is 11.8 Å². The van der Waals surface area contributed by atoms with Crippen molar-refractivity contribution in [3.8, 4) is 17.2 Å². The van der Waals surface area contributed by atoms with Gasteiger partial charge in [-0.15, -0.1) is 0 Å². The third-order valence-electron chi connectivity index (χ3n) is 3.52. The number of hydrogen-bond acceptors (Lipinski definition) is 5. The van der Waals surface area contributed by atoms with E-state index in [0.717, 1.165) is 0 Å². The summed E-state index contributed by atoms with van der Waals surface area (Å²) in [5.74, 6) is -0.242. The van der Waals surface area contributed by atoms with E-state index in [1.807, 2.05) is 6.92 Å². The largest absolute Gasteiger partial charge is 0.493 e. The Balaban J connectivity index is 1.92. The van der Waals surface area contributed by atoms with Crippen LogP contribution in [0.5, 0.6) is 17.2 Å². The van der Waals surface area contributed by atoms with Crippen molar-refractivity contribution in [1.29, 1.82) is 0 Å². The van der Waals surface area contributed by atoms with Crippen LogP contribution in [0.25, 0.3) is 0 Å². The van der Waals surface area contributed by atoms with Crippen molar-refractivity contribution in [3.05, 3.63) is 53.8 Å². The summed E-state index contributed by atoms with van der Waals surface area (Å²) in [6, 6.07) is 9.92. The van der Waals surface area contributed by atoms with Gasteiger partial charge in [0, 0.05) is 5.56 Å². The van der Waals surface area contributed by atoms with Gasteiger partial charge in [-0.2, -0.15) is 0 Å². The number of hydrogen-bond donors (Lipinski definition) is 2. The average Bonchev–Trinajstić information content (AvgIpc) is 2.68. The summed E-state index contributed by atoms with van der Waals surface area (Å²) >= 11 is 0. The summed E-state index contributed by atoms with van der Waals surface area (Å²) < 4.78 is 28.8. The number of ether oxygens (including phenoxy) is 3. The fourth-order valence-corrected chi connectivity index (χ4v) is 2.15. The van der Waals surface area contributed by atoms with E-state index in [1.165, 1.54) is 44.4 Å². The highest BCUT2D eigenvalue weighted by molar-refractivity contribution is 5.96. The first-order valence-corrected chi connectivity index (χ1v) is 8.27. The third-order valence-corrected chi connectivity index (χ3v) is 3.52. The van der Waals surface area contributed by atoms with E-state index in [1.54, 1.807) is 12.1 Å². The Labute approximate surface area is 156 Å². The lowest BCUT2D eigenvalue weighted by molar-refractivity contribution is -0.128. The molecule has 0 aliphatic heterocycles. The minimum atomic E-state index is -0.898. The second kappa shape index (κ2) is 9.42. The molecule has 2 aromatic rings. The molecule has 2 rings (SSSR count). The number of benzene rings is 2. The molecule has 0 bridgehead atoms. The van der Waals surface area contributed by atoms with Crippen molar-refractivity contribution < 1.29 is 28.2 Å². The number of nitrogens with one attached hydrogen (secondary N) is 2. The van der Waals surface area contributed by atoms with Gasteiger partial charge in [0.25, 0.3) is 11.8 Å². The number of carbonyl (C=O) groups excluding carboxylic acids is 2. The van der Waals surface area contributed by atoms with Crippen molar-refractivity contribution in [1.82, 2.24) is 10.9 Å². The highest BCUT2D eigenvalue weighted by Crippen LogP contribution is 2.27. The van der Waals surface area contributed by atoms with E-state index < -0.39 is 23.7 Å². The molecule has 0 spiro atoms. The van der Waals surface area contributed by atoms with Crippen molar-refractivity contribution in [2.75, 3.05) is 13.7 Å². The number of amides is 2. The number of methoxy groups -OCH3 is 1. The number of rotatable bonds is 7. The topological polar surface area (TPSA) is 85.9 Å². The van der Waals surface area contributed by atoms with Gasteiger partial charge in [0.2, 0.25) is 0 Å². The minimum Gasteiger partial charge on any atom is -0.493 e. The Morgan fingerprint density at radius 3 is 2.41 bits per heavy atom. The summed E-state index contributed by atoms with van der Waals surface area (Å²) in [5.41, 5.74) is 4.86. The Morgan fingerprint density at radius 1 is 1.07 bits per heavy atom. The lowest BCUT2D eigenvalue weighted by Gasteiger charge is -2.15. The van der Waals surface area contributed by atoms with Crippen LogP contribution in [-0.2, 0) is 4.79 Å². The SMILES string of the molecule is CCOc1ccc(C(=O)NNC(=O)[C@@H](C)Oc2ccc(F)cc2)cc1OC. The Morgan fingerprint density at radius 2 is 1.78 bits per heavy atom. The lowest BCUT2D eigenvalue weighted by Crippen LogP contribution is -2.47. The maximum atomic E-state index is 12.9. The van der Waals surface area contributed by atoms with Crippen molar-refractivity contribution in [3.63, 3.8) is 0 Å². The molecule has 7 nitrogen and oxygen atoms in total. The Kier molecular flexibility index (Phi) is 6.99. The average molecular weight is 376 g/mol. The molecule has 2 amide bonds. The van der Waals surface area contributed by atoms with Crippen LogP contribution >= 0.6 is 0 Å². The summed E-state index contributed by atoms with van der Waals surface area (Å²) in [4.78, 5) is 24.2. The zero-order chi connectivity index (χ0) is 19.8. The quantitative estimate of drug-likeness (QED) is 0.725. The maximum absolute atomic E-state index is 12.9. The maximum Gasteiger partial charge on any atom is 0.279 e. The van der Waals surface area contributed by atoms with E-state index >= 15 is 0 Å². The molecule has 8 heteroatoms. The van der Waals surface area contributed by atoms with Crippen LogP contribution in [0.2, 0.25) is 0 Å². The molecule has 144 valence electrons. The first-order chi connectivity index (χ1) is 12.9. The molecule has 0 aliphatic rings. The standard InChI is InChI=1S/C19H21FN2O5/c1-4-26-16-10-5-13(11-17(16)25-3)19(24)22-21-18(23)12(2)27-15-8-6-14(20)7-9-15/h5-12H,4H2,1-3H3,(H,21,23)(H,22,24)/t12-/m1/s1. The molecule has 0 aromatic heterocycles. The molecule has 1 atom stereocenters. The normalized spacial score (nSPS) is 11.3. The van der Waals surface area contributed by atoms with Crippen LogP contribution in [0.3, 0.4) is 0 Å². The predicted octanol–water partition coefficient (Wildman–Crippen LogP) is 2.46. The zero-order valence-electron chi connectivity index (χ0n) is 15.2. The molecule has 27 heavy (non-hydrogen) atoms. The van der Waals surface area contributed by atoms with Crippen LogP contribution < -0.4 is 25.1 Å². The molecular formula is C19H21FN2O5. The number of hydrazine groups is 1. The van der Waals surface area contributed by atoms with Gasteiger partial charge >= 0.3 is 0 Å². The highest BCUT2D eigenvalue weighted by atomic mass is 19.1. The lowest BCUT2D eigenvalue weighted by atomic mass is 10.2. The number of halogens is 1. The fourth-order valence-electron chi connectivity index (χ4n) is 2.15. The third kappa shape index (κ3) is 5.60. The van der Waals surface area contributed by atoms with Crippen LogP contribution in [0.4, 0.5) is 4.39 Å². The van der Waals surface area contributed by atoms with E-state index in [-0.39, 0.29) is 5.56 Å². The fraction of sp³-hybridized carbons (Fsp3) is 0.263. The first-order valence-electron chi connectivity index (χ1n) is 8.27. The Bertz CT molecular complexity index is 795. The minimum absolute atomic E-state index is 0.280. The molecule has 0 heterocycles. The second-order valence-electron chi connectivity index (χ2n) is 5.46. The molecular weight excluding hydrogens is 355 g/mol. The second-order valence-corrected chi connectivity index (χ2v) is 5.46. The van der Waals surface area contributed by atoms with Gasteiger partial charge < -0.3 is 14.2 Å². The van der Waals surface area contributed by atoms with Gasteiger partial charge in [0.1, 0.15) is 11.6 Å². The smallest absolute Gasteiger partial charge is 0.279 e. The van der Waals surface area contributed by atoms with E-state index in [9.17, 15) is 14.0 Å². The summed E-state index contributed by atoms with van der Waals surface area (Å²) in [6.07, 6.45) is -0.898. The summed E-state index contributed by atoms with van der Waals surface area (Å²) in [6.45, 7) is 3.80. The van der Waals surface area contributed by atoms with Crippen LogP contribution in [-0.4, -0.2) is 31.6 Å². The Hall–Kier alpha value is -3.29. The molecule has 0 fully saturated rings. The monoisotopic (exact) mass is 376 g/mol. The van der Waals surface area contributed by atoms with E-state index in [4.69, 9.17) is 14.2 Å². The summed E-state index contributed by atoms with van der Waals surface area (Å²) in [7, 11) is 1.47. The molecule has 0 saturated carbocycles. The van der Waals surface area contributed by atoms with Crippen LogP contribution in [0.1, 0.15) is 24.2 Å². The van der Waals surface area contributed by atoms with Crippen molar-refractivity contribution in [2.24, 2.45) is 0 Å². The van der Waals surface area contributed by atoms with Gasteiger partial charge in [-0.05, 0) is 56.3 Å². The molecule has 0 radical (unpaired) electrons. The summed E-state index contributed by atoms with van der Waals surface area (Å²) in [5, 5.41) is 0. The predicted molar refractivity (Wildman–Crippen MR) is 96.3 cm³/mol. The van der Waals surface area contributed by atoms with Crippen LogP contribution in [0, 0.1) is 5.82 Å². The number of carbonyl (C=O) groups is 2. The van der Waals surface area contributed by atoms with Gasteiger partial charge in [0.15, 0.2) is 17.6 Å². The molecule has 0 aliphatic carbocycles. The first kappa shape index (κ1) is 20.0. The van der Waals surface area contributed by atoms with E-state index in [2.05, 4.69) is 10.9 Å². The van der Waals surface area contributed by atoms with E-state index in [0.29, 0.717) is 23.9 Å². The molecule has 0 unspecified atom stereocenters. The van der Waals surface area contributed by atoms with Gasteiger partial charge in [-0.25, -0.2) is 4.39 Å². The van der Waals surface area contributed by atoms with Gasteiger partial charge in [-0.1, -0.05) is 0 Å². The van der Waals surface area contributed by atoms with Crippen molar-refractivity contribution in [2.45, 2.75) is 20.0 Å². The van der Waals surface area contributed by atoms with Crippen LogP contribution in [0.15, 0.2) is 42.5 Å². The highest BCUT2D eigenvalue weighted by Gasteiger charge is 2.17. The van der Waals surface area contributed by atoms with Gasteiger partial charge in [0.05, 0.1) is 13.7 Å². The molecule has 0 saturated heterocycles. The molecule has 2 aromatic carbocycles. The zero-order valence-corrected chi connectivity index (χ0v) is 15.2.